The fourth-order valence-corrected chi connectivity index (χ4v) is 1.56. The molecule has 0 saturated carbocycles. The first kappa shape index (κ1) is 16.4. The maximum absolute atomic E-state index is 12.7. The Bertz CT molecular complexity index is 407. The minimum absolute atomic E-state index is 0.0144. The predicted octanol–water partition coefficient (Wildman–Crippen LogP) is 2.08. The Hall–Kier alpha value is -1.62. The zero-order valence-electron chi connectivity index (χ0n) is 12.1. The van der Waals surface area contributed by atoms with Crippen molar-refractivity contribution in [2.24, 2.45) is 11.7 Å². The summed E-state index contributed by atoms with van der Waals surface area (Å²) in [5, 5.41) is 2.85. The van der Waals surface area contributed by atoms with Crippen molar-refractivity contribution in [3.8, 4) is 5.75 Å². The molecule has 1 rings (SSSR count). The summed E-state index contributed by atoms with van der Waals surface area (Å²) in [5.41, 5.74) is 5.66. The number of carbonyl (C=O) groups is 1. The highest BCUT2D eigenvalue weighted by Crippen LogP contribution is 2.11. The second-order valence-corrected chi connectivity index (χ2v) is 4.95. The number of nitrogens with one attached hydrogen (secondary N) is 1. The number of halogens is 1. The molecule has 112 valence electrons. The highest BCUT2D eigenvalue weighted by Gasteiger charge is 2.15. The number of rotatable bonds is 8. The van der Waals surface area contributed by atoms with Gasteiger partial charge in [0.05, 0.1) is 6.61 Å². The van der Waals surface area contributed by atoms with Gasteiger partial charge in [0.1, 0.15) is 11.6 Å². The average molecular weight is 282 g/mol. The minimum atomic E-state index is -0.275. The van der Waals surface area contributed by atoms with Crippen LogP contribution in [0, 0.1) is 11.7 Å². The molecule has 1 amide bonds. The van der Waals surface area contributed by atoms with E-state index in [0.717, 1.165) is 12.8 Å². The average Bonchev–Trinajstić information content (AvgIpc) is 2.43. The van der Waals surface area contributed by atoms with Crippen LogP contribution in [-0.4, -0.2) is 25.1 Å². The normalized spacial score (nSPS) is 13.6. The van der Waals surface area contributed by atoms with Gasteiger partial charge in [0, 0.05) is 18.5 Å². The lowest BCUT2D eigenvalue weighted by atomic mass is 10.0. The molecular formula is C15H23FN2O2. The minimum Gasteiger partial charge on any atom is -0.494 e. The van der Waals surface area contributed by atoms with E-state index in [9.17, 15) is 9.18 Å². The summed E-state index contributed by atoms with van der Waals surface area (Å²) in [6.07, 6.45) is 1.66. The number of hydrogen-bond acceptors (Lipinski definition) is 3. The molecule has 0 aliphatic carbocycles. The van der Waals surface area contributed by atoms with Crippen LogP contribution < -0.4 is 15.8 Å². The zero-order chi connectivity index (χ0) is 15.0. The lowest BCUT2D eigenvalue weighted by Crippen LogP contribution is -2.38. The Kier molecular flexibility index (Phi) is 7.01. The molecule has 0 aliphatic heterocycles. The van der Waals surface area contributed by atoms with Gasteiger partial charge in [-0.2, -0.15) is 0 Å². The zero-order valence-corrected chi connectivity index (χ0v) is 12.1. The summed E-state index contributed by atoms with van der Waals surface area (Å²) >= 11 is 0. The number of nitrogens with two attached hydrogens (primary N) is 1. The monoisotopic (exact) mass is 282 g/mol. The summed E-state index contributed by atoms with van der Waals surface area (Å²) in [4.78, 5) is 11.6. The largest absolute Gasteiger partial charge is 0.494 e. The van der Waals surface area contributed by atoms with Crippen molar-refractivity contribution in [2.75, 3.05) is 13.2 Å². The van der Waals surface area contributed by atoms with Crippen LogP contribution in [0.15, 0.2) is 24.3 Å². The first-order chi connectivity index (χ1) is 9.50. The molecule has 0 spiro atoms. The van der Waals surface area contributed by atoms with Gasteiger partial charge in [0.25, 0.3) is 0 Å². The smallest absolute Gasteiger partial charge is 0.224 e. The molecular weight excluding hydrogens is 259 g/mol. The number of hydrogen-bond donors (Lipinski definition) is 2. The van der Waals surface area contributed by atoms with Crippen molar-refractivity contribution in [1.82, 2.24) is 5.32 Å². The molecule has 0 heterocycles. The summed E-state index contributed by atoms with van der Waals surface area (Å²) in [5.74, 6) is 0.189. The van der Waals surface area contributed by atoms with E-state index in [1.165, 1.54) is 12.1 Å². The van der Waals surface area contributed by atoms with Crippen LogP contribution in [0.25, 0.3) is 0 Å². The highest BCUT2D eigenvalue weighted by atomic mass is 19.1. The Morgan fingerprint density at radius 2 is 1.95 bits per heavy atom. The quantitative estimate of drug-likeness (QED) is 0.718. The SMILES string of the molecule is CC(N)C(C)C(=O)NCCCCOc1ccc(F)cc1. The molecule has 2 unspecified atom stereocenters. The van der Waals surface area contributed by atoms with Gasteiger partial charge in [-0.3, -0.25) is 4.79 Å². The fourth-order valence-electron chi connectivity index (χ4n) is 1.56. The Morgan fingerprint density at radius 1 is 1.30 bits per heavy atom. The second kappa shape index (κ2) is 8.53. The second-order valence-electron chi connectivity index (χ2n) is 4.95. The van der Waals surface area contributed by atoms with Gasteiger partial charge in [-0.15, -0.1) is 0 Å². The molecule has 0 bridgehead atoms. The van der Waals surface area contributed by atoms with E-state index in [4.69, 9.17) is 10.5 Å². The molecule has 2 atom stereocenters. The van der Waals surface area contributed by atoms with Crippen LogP contribution in [0.4, 0.5) is 4.39 Å². The van der Waals surface area contributed by atoms with Crippen molar-refractivity contribution < 1.29 is 13.9 Å². The first-order valence-corrected chi connectivity index (χ1v) is 6.92. The molecule has 1 aromatic carbocycles. The van der Waals surface area contributed by atoms with Crippen LogP contribution in [-0.2, 0) is 4.79 Å². The van der Waals surface area contributed by atoms with Gasteiger partial charge in [0.2, 0.25) is 5.91 Å². The Balaban J connectivity index is 2.08. The van der Waals surface area contributed by atoms with Crippen LogP contribution in [0.3, 0.4) is 0 Å². The number of unbranched alkanes of at least 4 members (excludes halogenated alkanes) is 1. The topological polar surface area (TPSA) is 64.4 Å². The van der Waals surface area contributed by atoms with Crippen molar-refractivity contribution in [2.45, 2.75) is 32.7 Å². The lowest BCUT2D eigenvalue weighted by molar-refractivity contribution is -0.124. The lowest BCUT2D eigenvalue weighted by Gasteiger charge is -2.15. The molecule has 4 nitrogen and oxygen atoms in total. The maximum atomic E-state index is 12.7. The highest BCUT2D eigenvalue weighted by molar-refractivity contribution is 5.78. The van der Waals surface area contributed by atoms with Crippen LogP contribution in [0.1, 0.15) is 26.7 Å². The van der Waals surface area contributed by atoms with Gasteiger partial charge in [0.15, 0.2) is 0 Å². The summed E-state index contributed by atoms with van der Waals surface area (Å²) in [7, 11) is 0. The van der Waals surface area contributed by atoms with Crippen molar-refractivity contribution in [1.29, 1.82) is 0 Å². The summed E-state index contributed by atoms with van der Waals surface area (Å²) in [6, 6.07) is 5.79. The van der Waals surface area contributed by atoms with Crippen LogP contribution in [0.2, 0.25) is 0 Å². The van der Waals surface area contributed by atoms with E-state index in [1.807, 2.05) is 13.8 Å². The molecule has 0 saturated heterocycles. The van der Waals surface area contributed by atoms with Crippen LogP contribution in [0.5, 0.6) is 5.75 Å². The molecule has 0 fully saturated rings. The van der Waals surface area contributed by atoms with Crippen molar-refractivity contribution >= 4 is 5.91 Å². The van der Waals surface area contributed by atoms with E-state index in [2.05, 4.69) is 5.32 Å². The van der Waals surface area contributed by atoms with E-state index in [-0.39, 0.29) is 23.7 Å². The molecule has 0 radical (unpaired) electrons. The standard InChI is InChI=1S/C15H23FN2O2/c1-11(12(2)17)15(19)18-9-3-4-10-20-14-7-5-13(16)6-8-14/h5-8,11-12H,3-4,9-10,17H2,1-2H3,(H,18,19). The third kappa shape index (κ3) is 6.02. The van der Waals surface area contributed by atoms with E-state index in [0.29, 0.717) is 18.9 Å². The van der Waals surface area contributed by atoms with E-state index < -0.39 is 0 Å². The third-order valence-electron chi connectivity index (χ3n) is 3.15. The molecule has 1 aromatic rings. The number of amides is 1. The van der Waals surface area contributed by atoms with Gasteiger partial charge in [-0.05, 0) is 44.0 Å². The molecule has 5 heteroatoms. The number of benzene rings is 1. The molecule has 20 heavy (non-hydrogen) atoms. The van der Waals surface area contributed by atoms with Gasteiger partial charge in [-0.1, -0.05) is 6.92 Å². The van der Waals surface area contributed by atoms with Gasteiger partial charge < -0.3 is 15.8 Å². The fraction of sp³-hybridized carbons (Fsp3) is 0.533. The van der Waals surface area contributed by atoms with E-state index in [1.54, 1.807) is 12.1 Å². The first-order valence-electron chi connectivity index (χ1n) is 6.92. The molecule has 0 aromatic heterocycles. The van der Waals surface area contributed by atoms with Crippen molar-refractivity contribution in [3.63, 3.8) is 0 Å². The Morgan fingerprint density at radius 3 is 2.55 bits per heavy atom. The third-order valence-corrected chi connectivity index (χ3v) is 3.15. The van der Waals surface area contributed by atoms with E-state index >= 15 is 0 Å². The maximum Gasteiger partial charge on any atom is 0.224 e. The summed E-state index contributed by atoms with van der Waals surface area (Å²) < 4.78 is 18.1. The van der Waals surface area contributed by atoms with Crippen LogP contribution >= 0.6 is 0 Å². The summed E-state index contributed by atoms with van der Waals surface area (Å²) in [6.45, 7) is 4.80. The molecule has 3 N–H and O–H groups in total. The van der Waals surface area contributed by atoms with Crippen molar-refractivity contribution in [3.05, 3.63) is 30.1 Å². The number of ether oxygens (including phenoxy) is 1. The molecule has 0 aliphatic rings. The predicted molar refractivity (Wildman–Crippen MR) is 77.0 cm³/mol. The van der Waals surface area contributed by atoms with Gasteiger partial charge >= 0.3 is 0 Å². The number of carbonyl (C=O) groups excluding carboxylic acids is 1. The van der Waals surface area contributed by atoms with Gasteiger partial charge in [-0.25, -0.2) is 4.39 Å². The Labute approximate surface area is 119 Å².